The van der Waals surface area contributed by atoms with Crippen LogP contribution in [0.4, 0.5) is 15.5 Å². The first-order valence-electron chi connectivity index (χ1n) is 3.26. The lowest BCUT2D eigenvalue weighted by Gasteiger charge is -2.09. The molecule has 0 radical (unpaired) electrons. The number of carbonyl (C=O) groups is 2. The van der Waals surface area contributed by atoms with Gasteiger partial charge in [-0.05, 0) is 15.9 Å². The van der Waals surface area contributed by atoms with Gasteiger partial charge in [-0.3, -0.25) is 0 Å². The summed E-state index contributed by atoms with van der Waals surface area (Å²) in [5, 5.41) is 17.0. The summed E-state index contributed by atoms with van der Waals surface area (Å²) in [7, 11) is 0. The summed E-state index contributed by atoms with van der Waals surface area (Å²) in [5.74, 6) is -0.409. The molecule has 1 rings (SSSR count). The van der Waals surface area contributed by atoms with Crippen molar-refractivity contribution in [1.29, 1.82) is 0 Å². The first-order chi connectivity index (χ1) is 6.52. The quantitative estimate of drug-likeness (QED) is 0.792. The van der Waals surface area contributed by atoms with Gasteiger partial charge >= 0.3 is 12.2 Å². The Balaban J connectivity index is 3.06. The molecule has 0 unspecified atom stereocenters. The normalized spacial score (nSPS) is 9.50. The molecule has 0 saturated heterocycles. The molecular weight excluding hydrogens is 258 g/mol. The molecule has 0 saturated carbocycles. The zero-order valence-corrected chi connectivity index (χ0v) is 8.17. The Morgan fingerprint density at radius 3 is 2.00 bits per heavy atom. The highest BCUT2D eigenvalue weighted by atomic mass is 79.9. The highest BCUT2D eigenvalue weighted by molar-refractivity contribution is 9.10. The van der Waals surface area contributed by atoms with E-state index < -0.39 is 18.1 Å². The SMILES string of the molecule is O=C(O)N(C(=O)O)c1ncc(Br)cn1. The van der Waals surface area contributed by atoms with Gasteiger partial charge in [-0.15, -0.1) is 4.90 Å². The van der Waals surface area contributed by atoms with Gasteiger partial charge in [0.15, 0.2) is 0 Å². The third kappa shape index (κ3) is 2.16. The zero-order valence-electron chi connectivity index (χ0n) is 6.59. The first-order valence-corrected chi connectivity index (χ1v) is 4.05. The number of hydrogen-bond donors (Lipinski definition) is 2. The van der Waals surface area contributed by atoms with Crippen LogP contribution in [0.2, 0.25) is 0 Å². The van der Waals surface area contributed by atoms with Crippen molar-refractivity contribution in [3.63, 3.8) is 0 Å². The minimum Gasteiger partial charge on any atom is -0.464 e. The Morgan fingerprint density at radius 2 is 1.64 bits per heavy atom. The van der Waals surface area contributed by atoms with Crippen LogP contribution >= 0.6 is 15.9 Å². The Hall–Kier alpha value is -1.70. The van der Waals surface area contributed by atoms with Gasteiger partial charge in [-0.2, -0.15) is 0 Å². The number of nitrogens with zero attached hydrogens (tertiary/aromatic N) is 3. The van der Waals surface area contributed by atoms with Gasteiger partial charge in [-0.25, -0.2) is 19.6 Å². The Bertz CT molecular complexity index is 352. The molecule has 1 aromatic heterocycles. The lowest BCUT2D eigenvalue weighted by Crippen LogP contribution is -2.35. The van der Waals surface area contributed by atoms with Crippen molar-refractivity contribution in [2.45, 2.75) is 0 Å². The molecule has 0 spiro atoms. The largest absolute Gasteiger partial charge is 0.464 e. The van der Waals surface area contributed by atoms with Crippen molar-refractivity contribution in [1.82, 2.24) is 9.97 Å². The molecule has 0 atom stereocenters. The molecule has 1 aromatic rings. The van der Waals surface area contributed by atoms with Gasteiger partial charge < -0.3 is 10.2 Å². The van der Waals surface area contributed by atoms with E-state index in [-0.39, 0.29) is 4.90 Å². The van der Waals surface area contributed by atoms with E-state index in [2.05, 4.69) is 25.9 Å². The van der Waals surface area contributed by atoms with E-state index in [9.17, 15) is 9.59 Å². The fraction of sp³-hybridized carbons (Fsp3) is 0. The second kappa shape index (κ2) is 4.01. The average Bonchev–Trinajstić information content (AvgIpc) is 2.07. The highest BCUT2D eigenvalue weighted by Gasteiger charge is 2.24. The molecule has 0 fully saturated rings. The second-order valence-corrected chi connectivity index (χ2v) is 3.02. The maximum absolute atomic E-state index is 10.5. The Morgan fingerprint density at radius 1 is 1.21 bits per heavy atom. The van der Waals surface area contributed by atoms with Gasteiger partial charge in [0.25, 0.3) is 0 Å². The number of anilines is 1. The number of amides is 2. The van der Waals surface area contributed by atoms with Gasteiger partial charge in [-0.1, -0.05) is 0 Å². The minimum atomic E-state index is -1.65. The van der Waals surface area contributed by atoms with Crippen molar-refractivity contribution >= 4 is 34.1 Å². The molecule has 7 nitrogen and oxygen atoms in total. The summed E-state index contributed by atoms with van der Waals surface area (Å²) in [5.41, 5.74) is 0. The van der Waals surface area contributed by atoms with Crippen LogP contribution in [0.3, 0.4) is 0 Å². The van der Waals surface area contributed by atoms with Gasteiger partial charge in [0, 0.05) is 12.4 Å². The molecule has 2 N–H and O–H groups in total. The summed E-state index contributed by atoms with van der Waals surface area (Å²) in [6.07, 6.45) is -0.803. The summed E-state index contributed by atoms with van der Waals surface area (Å²) in [6, 6.07) is 0. The van der Waals surface area contributed by atoms with Gasteiger partial charge in [0.05, 0.1) is 4.47 Å². The van der Waals surface area contributed by atoms with E-state index in [1.807, 2.05) is 0 Å². The topological polar surface area (TPSA) is 104 Å². The van der Waals surface area contributed by atoms with Crippen LogP contribution in [0.25, 0.3) is 0 Å². The third-order valence-electron chi connectivity index (χ3n) is 1.19. The zero-order chi connectivity index (χ0) is 10.7. The fourth-order valence-electron chi connectivity index (χ4n) is 0.674. The molecular formula is C6H4BrN3O4. The number of aromatic nitrogens is 2. The van der Waals surface area contributed by atoms with Crippen LogP contribution < -0.4 is 4.90 Å². The van der Waals surface area contributed by atoms with E-state index in [0.29, 0.717) is 4.47 Å². The van der Waals surface area contributed by atoms with Crippen molar-refractivity contribution in [2.75, 3.05) is 4.90 Å². The molecule has 0 aliphatic rings. The first kappa shape index (κ1) is 10.4. The Kier molecular flexibility index (Phi) is 2.97. The van der Waals surface area contributed by atoms with E-state index in [1.54, 1.807) is 0 Å². The number of halogens is 1. The van der Waals surface area contributed by atoms with Crippen molar-refractivity contribution < 1.29 is 19.8 Å². The molecule has 1 heterocycles. The standard InChI is InChI=1S/C6H4BrN3O4/c7-3-1-8-4(9-2-3)10(5(11)12)6(13)14/h1-2H,(H,11,12)(H,13,14). The number of hydrogen-bond acceptors (Lipinski definition) is 4. The molecule has 0 aliphatic heterocycles. The summed E-state index contributed by atoms with van der Waals surface area (Å²) >= 11 is 3.03. The molecule has 8 heteroatoms. The fourth-order valence-corrected chi connectivity index (χ4v) is 0.879. The predicted molar refractivity (Wildman–Crippen MR) is 48.3 cm³/mol. The second-order valence-electron chi connectivity index (χ2n) is 2.10. The molecule has 0 bridgehead atoms. The number of rotatable bonds is 1. The van der Waals surface area contributed by atoms with Crippen molar-refractivity contribution in [2.24, 2.45) is 0 Å². The van der Waals surface area contributed by atoms with Crippen LogP contribution in [-0.4, -0.2) is 32.4 Å². The molecule has 74 valence electrons. The van der Waals surface area contributed by atoms with Crippen LogP contribution in [-0.2, 0) is 0 Å². The average molecular weight is 262 g/mol. The lowest BCUT2D eigenvalue weighted by molar-refractivity contribution is 0.183. The number of imide groups is 1. The summed E-state index contributed by atoms with van der Waals surface area (Å²) in [4.78, 5) is 28.0. The number of carboxylic acid groups (broad SMARTS) is 2. The minimum absolute atomic E-state index is 0.0203. The highest BCUT2D eigenvalue weighted by Crippen LogP contribution is 2.11. The molecule has 2 amide bonds. The molecule has 14 heavy (non-hydrogen) atoms. The summed E-state index contributed by atoms with van der Waals surface area (Å²) < 4.78 is 0.525. The van der Waals surface area contributed by atoms with E-state index in [4.69, 9.17) is 10.2 Å². The Labute approximate surface area is 86.1 Å². The lowest BCUT2D eigenvalue weighted by atomic mass is 10.6. The van der Waals surface area contributed by atoms with Crippen LogP contribution in [0, 0.1) is 0 Å². The van der Waals surface area contributed by atoms with Crippen LogP contribution in [0.15, 0.2) is 16.9 Å². The van der Waals surface area contributed by atoms with E-state index >= 15 is 0 Å². The van der Waals surface area contributed by atoms with Crippen molar-refractivity contribution in [3.8, 4) is 0 Å². The smallest absolute Gasteiger partial charge is 0.424 e. The molecule has 0 aliphatic carbocycles. The predicted octanol–water partition coefficient (Wildman–Crippen LogP) is 1.40. The van der Waals surface area contributed by atoms with E-state index in [0.717, 1.165) is 0 Å². The summed E-state index contributed by atoms with van der Waals surface area (Å²) in [6.45, 7) is 0. The van der Waals surface area contributed by atoms with E-state index in [1.165, 1.54) is 12.4 Å². The van der Waals surface area contributed by atoms with Gasteiger partial charge in [0.1, 0.15) is 0 Å². The van der Waals surface area contributed by atoms with Crippen LogP contribution in [0.1, 0.15) is 0 Å². The monoisotopic (exact) mass is 261 g/mol. The van der Waals surface area contributed by atoms with Crippen LogP contribution in [0.5, 0.6) is 0 Å². The van der Waals surface area contributed by atoms with Crippen molar-refractivity contribution in [3.05, 3.63) is 16.9 Å². The third-order valence-corrected chi connectivity index (χ3v) is 1.60. The van der Waals surface area contributed by atoms with Gasteiger partial charge in [0.2, 0.25) is 5.95 Å². The maximum atomic E-state index is 10.5. The molecule has 0 aromatic carbocycles. The maximum Gasteiger partial charge on any atom is 0.424 e.